The molecule has 2 aromatic rings. The zero-order chi connectivity index (χ0) is 23.7. The molecule has 0 unspecified atom stereocenters. The molecule has 0 N–H and O–H groups in total. The Labute approximate surface area is 219 Å². The van der Waals surface area contributed by atoms with Gasteiger partial charge in [0.1, 0.15) is 0 Å². The van der Waals surface area contributed by atoms with Crippen molar-refractivity contribution in [3.63, 3.8) is 0 Å². The maximum atomic E-state index is 5.30. The van der Waals surface area contributed by atoms with E-state index in [1.165, 1.54) is 73.9 Å². The third-order valence-corrected chi connectivity index (χ3v) is 6.08. The number of hydrogen-bond acceptors (Lipinski definition) is 2. The summed E-state index contributed by atoms with van der Waals surface area (Å²) in [6, 6.07) is 17.5. The molecule has 0 fully saturated rings. The van der Waals surface area contributed by atoms with E-state index in [2.05, 4.69) is 76.2 Å². The van der Waals surface area contributed by atoms with Crippen molar-refractivity contribution >= 4 is 22.8 Å². The summed E-state index contributed by atoms with van der Waals surface area (Å²) < 4.78 is 0. The fourth-order valence-electron chi connectivity index (χ4n) is 4.09. The SMILES string of the molecule is CCCCCC(=Nc1cc(CCCC)cc(CCCC)c1)C(CCCC)=Nc1ccccc1.[Ni]. The van der Waals surface area contributed by atoms with Crippen LogP contribution in [0.2, 0.25) is 0 Å². The number of rotatable bonds is 16. The molecule has 0 bridgehead atoms. The Bertz CT molecular complexity index is 829. The molecule has 2 rings (SSSR count). The predicted octanol–water partition coefficient (Wildman–Crippen LogP) is 9.98. The number of para-hydroxylation sites is 1. The molecule has 0 heterocycles. The third kappa shape index (κ3) is 11.6. The summed E-state index contributed by atoms with van der Waals surface area (Å²) in [5.74, 6) is 0. The van der Waals surface area contributed by atoms with E-state index < -0.39 is 0 Å². The summed E-state index contributed by atoms with van der Waals surface area (Å²) in [6.07, 6.45) is 15.2. The van der Waals surface area contributed by atoms with Gasteiger partial charge in [-0.15, -0.1) is 0 Å². The van der Waals surface area contributed by atoms with Crippen LogP contribution in [0.5, 0.6) is 0 Å². The van der Waals surface area contributed by atoms with Gasteiger partial charge >= 0.3 is 0 Å². The van der Waals surface area contributed by atoms with E-state index in [1.807, 2.05) is 0 Å². The van der Waals surface area contributed by atoms with Gasteiger partial charge in [0.2, 0.25) is 0 Å². The van der Waals surface area contributed by atoms with E-state index in [4.69, 9.17) is 9.98 Å². The zero-order valence-corrected chi connectivity index (χ0v) is 23.0. The van der Waals surface area contributed by atoms with Gasteiger partial charge in [0.05, 0.1) is 22.8 Å². The number of aliphatic imine (C=N–C) groups is 2. The van der Waals surface area contributed by atoms with Crippen LogP contribution in [0.1, 0.15) is 109 Å². The van der Waals surface area contributed by atoms with Gasteiger partial charge in [-0.05, 0) is 86.8 Å². The molecule has 3 heteroatoms. The normalized spacial score (nSPS) is 12.0. The molecule has 2 nitrogen and oxygen atoms in total. The molecule has 0 amide bonds. The molecule has 0 saturated heterocycles. The number of hydrogen-bond donors (Lipinski definition) is 0. The second kappa shape index (κ2) is 18.6. The average Bonchev–Trinajstić information content (AvgIpc) is 2.84. The van der Waals surface area contributed by atoms with Crippen molar-refractivity contribution in [2.45, 2.75) is 111 Å². The molecule has 34 heavy (non-hydrogen) atoms. The van der Waals surface area contributed by atoms with Gasteiger partial charge in [-0.3, -0.25) is 9.98 Å². The summed E-state index contributed by atoms with van der Waals surface area (Å²) in [4.78, 5) is 10.4. The van der Waals surface area contributed by atoms with Gasteiger partial charge in [-0.25, -0.2) is 0 Å². The smallest absolute Gasteiger partial charge is 0.0639 e. The molecule has 0 aliphatic heterocycles. The number of nitrogens with zero attached hydrogens (tertiary/aromatic N) is 2. The zero-order valence-electron chi connectivity index (χ0n) is 22.0. The summed E-state index contributed by atoms with van der Waals surface area (Å²) >= 11 is 0. The molecule has 0 spiro atoms. The van der Waals surface area contributed by atoms with Crippen LogP contribution >= 0.6 is 0 Å². The van der Waals surface area contributed by atoms with Crippen LogP contribution in [0.25, 0.3) is 0 Å². The van der Waals surface area contributed by atoms with Crippen molar-refractivity contribution < 1.29 is 16.5 Å². The van der Waals surface area contributed by atoms with Crippen molar-refractivity contribution in [2.75, 3.05) is 0 Å². The monoisotopic (exact) mass is 504 g/mol. The Kier molecular flexibility index (Phi) is 16.6. The summed E-state index contributed by atoms with van der Waals surface area (Å²) in [6.45, 7) is 9.06. The Morgan fingerprint density at radius 1 is 0.559 bits per heavy atom. The standard InChI is InChI=1S/C31H46N2.Ni/c1-5-9-14-22-31(30(21-12-8-4)32-28-19-15-13-16-20-28)33-29-24-26(17-10-6-2)23-27(25-29)18-11-7-3;/h13,15-16,19-20,23-25H,5-12,14,17-18,21-22H2,1-4H3;. The minimum Gasteiger partial charge on any atom is -0.252 e. The predicted molar refractivity (Wildman–Crippen MR) is 148 cm³/mol. The van der Waals surface area contributed by atoms with E-state index in [0.717, 1.165) is 43.5 Å². The number of benzene rings is 2. The molecule has 0 atom stereocenters. The molecule has 0 aliphatic carbocycles. The molecule has 0 radical (unpaired) electrons. The van der Waals surface area contributed by atoms with Crippen LogP contribution in [0.15, 0.2) is 58.5 Å². The molecule has 0 aliphatic rings. The first-order valence-corrected chi connectivity index (χ1v) is 13.5. The summed E-state index contributed by atoms with van der Waals surface area (Å²) in [5, 5.41) is 0. The van der Waals surface area contributed by atoms with Gasteiger partial charge in [0.15, 0.2) is 0 Å². The largest absolute Gasteiger partial charge is 0.252 e. The van der Waals surface area contributed by atoms with Crippen LogP contribution < -0.4 is 0 Å². The van der Waals surface area contributed by atoms with Gasteiger partial charge < -0.3 is 0 Å². The van der Waals surface area contributed by atoms with Gasteiger partial charge in [0.25, 0.3) is 0 Å². The van der Waals surface area contributed by atoms with Crippen molar-refractivity contribution in [1.82, 2.24) is 0 Å². The number of unbranched alkanes of at least 4 members (excludes halogenated alkanes) is 5. The third-order valence-electron chi connectivity index (χ3n) is 6.08. The molecular weight excluding hydrogens is 459 g/mol. The second-order valence-corrected chi connectivity index (χ2v) is 9.23. The minimum atomic E-state index is 0. The Balaban J connectivity index is 0.00000578. The van der Waals surface area contributed by atoms with Crippen molar-refractivity contribution in [1.29, 1.82) is 0 Å². The van der Waals surface area contributed by atoms with Gasteiger partial charge in [-0.2, -0.15) is 0 Å². The van der Waals surface area contributed by atoms with E-state index in [1.54, 1.807) is 0 Å². The molecule has 0 aromatic heterocycles. The van der Waals surface area contributed by atoms with Crippen molar-refractivity contribution in [2.24, 2.45) is 9.98 Å². The van der Waals surface area contributed by atoms with Crippen LogP contribution in [0, 0.1) is 0 Å². The van der Waals surface area contributed by atoms with Crippen LogP contribution in [-0.2, 0) is 29.3 Å². The van der Waals surface area contributed by atoms with E-state index in [9.17, 15) is 0 Å². The minimum absolute atomic E-state index is 0. The second-order valence-electron chi connectivity index (χ2n) is 9.23. The molecular formula is C31H46N2Ni. The van der Waals surface area contributed by atoms with Crippen LogP contribution in [0.4, 0.5) is 11.4 Å². The Morgan fingerprint density at radius 3 is 1.59 bits per heavy atom. The topological polar surface area (TPSA) is 24.7 Å². The maximum Gasteiger partial charge on any atom is 0.0639 e. The molecule has 0 saturated carbocycles. The summed E-state index contributed by atoms with van der Waals surface area (Å²) in [5.41, 5.74) is 7.40. The fraction of sp³-hybridized carbons (Fsp3) is 0.548. The van der Waals surface area contributed by atoms with Gasteiger partial charge in [-0.1, -0.05) is 84.1 Å². The fourth-order valence-corrected chi connectivity index (χ4v) is 4.09. The average molecular weight is 505 g/mol. The Morgan fingerprint density at radius 2 is 1.06 bits per heavy atom. The molecule has 2 aromatic carbocycles. The van der Waals surface area contributed by atoms with Crippen LogP contribution in [0.3, 0.4) is 0 Å². The quantitative estimate of drug-likeness (QED) is 0.123. The van der Waals surface area contributed by atoms with E-state index in [0.29, 0.717) is 0 Å². The first kappa shape index (κ1) is 30.3. The first-order valence-electron chi connectivity index (χ1n) is 13.5. The number of aryl methyl sites for hydroxylation is 2. The van der Waals surface area contributed by atoms with E-state index in [-0.39, 0.29) is 16.5 Å². The van der Waals surface area contributed by atoms with E-state index >= 15 is 0 Å². The Hall–Kier alpha value is -1.73. The van der Waals surface area contributed by atoms with Crippen molar-refractivity contribution in [3.05, 3.63) is 59.7 Å². The molecule has 190 valence electrons. The maximum absolute atomic E-state index is 5.30. The van der Waals surface area contributed by atoms with Crippen LogP contribution in [-0.4, -0.2) is 11.4 Å². The summed E-state index contributed by atoms with van der Waals surface area (Å²) in [7, 11) is 0. The van der Waals surface area contributed by atoms with Crippen molar-refractivity contribution in [3.8, 4) is 0 Å². The van der Waals surface area contributed by atoms with Gasteiger partial charge in [0, 0.05) is 16.5 Å². The first-order chi connectivity index (χ1) is 16.2.